The Morgan fingerprint density at radius 3 is 1.34 bits per heavy atom. The Morgan fingerprint density at radius 1 is 0.571 bits per heavy atom. The van der Waals surface area contributed by atoms with Gasteiger partial charge in [0.2, 0.25) is 11.8 Å². The first-order valence-corrected chi connectivity index (χ1v) is 25.8. The van der Waals surface area contributed by atoms with Crippen LogP contribution in [0.2, 0.25) is 0 Å². The van der Waals surface area contributed by atoms with Crippen LogP contribution in [0.15, 0.2) is 97.6 Å². The van der Waals surface area contributed by atoms with Crippen molar-refractivity contribution in [3.8, 4) is 0 Å². The summed E-state index contributed by atoms with van der Waals surface area (Å²) in [4.78, 5) is 52.5. The largest absolute Gasteiger partial charge is 0.419 e. The molecule has 0 unspecified atom stereocenters. The Kier molecular flexibility index (Phi) is 18.3. The lowest BCUT2D eigenvalue weighted by atomic mass is 9.88. The van der Waals surface area contributed by atoms with Crippen LogP contribution in [0.3, 0.4) is 0 Å². The summed E-state index contributed by atoms with van der Waals surface area (Å²) >= 11 is 0. The minimum atomic E-state index is -4.56. The van der Waals surface area contributed by atoms with Crippen molar-refractivity contribution in [1.82, 2.24) is 40.1 Å². The summed E-state index contributed by atoms with van der Waals surface area (Å²) < 4.78 is 82.8. The fraction of sp³-hybridized carbons (Fsp3) is 0.458. The molecule has 12 nitrogen and oxygen atoms in total. The van der Waals surface area contributed by atoms with E-state index < -0.39 is 34.3 Å². The summed E-state index contributed by atoms with van der Waals surface area (Å²) in [5, 5.41) is 3.34. The third-order valence-corrected chi connectivity index (χ3v) is 15.5. The van der Waals surface area contributed by atoms with Gasteiger partial charge in [-0.2, -0.15) is 26.3 Å². The Balaban J connectivity index is 0.000000218. The van der Waals surface area contributed by atoms with Crippen LogP contribution in [-0.2, 0) is 71.3 Å². The van der Waals surface area contributed by atoms with Crippen molar-refractivity contribution in [3.63, 3.8) is 0 Å². The molecule has 5 N–H and O–H groups in total. The van der Waals surface area contributed by atoms with E-state index in [1.807, 2.05) is 72.8 Å². The van der Waals surface area contributed by atoms with E-state index in [1.54, 1.807) is 12.4 Å². The predicted octanol–water partition coefficient (Wildman–Crippen LogP) is 10.1. The van der Waals surface area contributed by atoms with E-state index in [0.717, 1.165) is 109 Å². The van der Waals surface area contributed by atoms with Crippen LogP contribution >= 0.6 is 0 Å². The van der Waals surface area contributed by atoms with Crippen LogP contribution in [0.1, 0.15) is 157 Å². The van der Waals surface area contributed by atoms with Crippen LogP contribution in [-0.4, -0.2) is 79.8 Å². The number of primary amides is 2. The summed E-state index contributed by atoms with van der Waals surface area (Å²) in [5.74, 6) is 0.730. The molecule has 18 heteroatoms. The second kappa shape index (κ2) is 24.3. The number of pyridine rings is 2. The van der Waals surface area contributed by atoms with Gasteiger partial charge in [-0.25, -0.2) is 19.9 Å². The van der Waals surface area contributed by atoms with Crippen LogP contribution in [0.5, 0.6) is 0 Å². The van der Waals surface area contributed by atoms with Gasteiger partial charge in [0, 0.05) is 60.9 Å². The van der Waals surface area contributed by atoms with E-state index in [9.17, 15) is 35.9 Å². The number of likely N-dealkylation sites (tertiary alicyclic amines) is 1. The van der Waals surface area contributed by atoms with Crippen LogP contribution in [0.25, 0.3) is 0 Å². The number of carbonyl (C=O) groups is 2. The van der Waals surface area contributed by atoms with Gasteiger partial charge in [-0.3, -0.25) is 19.6 Å². The van der Waals surface area contributed by atoms with E-state index in [2.05, 4.69) is 47.2 Å². The Hall–Kier alpha value is -6.66. The number of carbonyl (C=O) groups excluding carboxylic acids is 2. The maximum atomic E-state index is 13.8. The second-order valence-electron chi connectivity index (χ2n) is 20.6. The number of rotatable bonds is 16. The number of halogens is 6. The number of piperidine rings is 2. The molecule has 2 aliphatic carbocycles. The highest BCUT2D eigenvalue weighted by Gasteiger charge is 2.52. The maximum Gasteiger partial charge on any atom is 0.419 e. The molecular formula is C59H70F6N10O2. The van der Waals surface area contributed by atoms with Crippen molar-refractivity contribution in [2.75, 3.05) is 33.2 Å². The van der Waals surface area contributed by atoms with Crippen molar-refractivity contribution < 1.29 is 35.9 Å². The highest BCUT2D eigenvalue weighted by Crippen LogP contribution is 2.50. The van der Waals surface area contributed by atoms with Crippen molar-refractivity contribution in [1.29, 1.82) is 0 Å². The molecule has 2 aliphatic heterocycles. The number of nitrogens with zero attached hydrogens (tertiary/aromatic N) is 7. The molecule has 2 amide bonds. The monoisotopic (exact) mass is 1060 g/mol. The van der Waals surface area contributed by atoms with Crippen molar-refractivity contribution in [3.05, 3.63) is 177 Å². The smallest absolute Gasteiger partial charge is 0.369 e. The highest BCUT2D eigenvalue weighted by atomic mass is 19.4. The van der Waals surface area contributed by atoms with E-state index in [0.29, 0.717) is 74.9 Å². The number of aromatic nitrogens is 6. The third-order valence-electron chi connectivity index (χ3n) is 15.5. The number of alkyl halides is 6. The first kappa shape index (κ1) is 58.0. The number of nitrogens with two attached hydrogens (primary N) is 2. The Morgan fingerprint density at radius 2 is 0.974 bits per heavy atom. The van der Waals surface area contributed by atoms with Gasteiger partial charge in [0.1, 0.15) is 11.6 Å². The molecule has 0 spiro atoms. The lowest BCUT2D eigenvalue weighted by Crippen LogP contribution is -2.29. The average molecular weight is 1070 g/mol. The van der Waals surface area contributed by atoms with Crippen LogP contribution in [0.4, 0.5) is 26.3 Å². The SMILES string of the molecule is C.C.CN1CCC(c2ccc(Cc3ncc(C(F)(F)F)c(CCc4ccccc4C4(C(N)=O)CC4)n3)cn2)CC1.NC(=O)C1(c2ccccc2CCc2nc(Cc3ccc(C4CCNCC4)nc3)ncc2C(F)(F)F)CC1. The molecule has 0 radical (unpaired) electrons. The van der Waals surface area contributed by atoms with Crippen molar-refractivity contribution >= 4 is 11.8 Å². The zero-order valence-electron chi connectivity index (χ0n) is 42.0. The highest BCUT2D eigenvalue weighted by molar-refractivity contribution is 5.91. The molecule has 0 atom stereocenters. The molecule has 0 bridgehead atoms. The van der Waals surface area contributed by atoms with Crippen molar-refractivity contribution in [2.45, 2.75) is 140 Å². The number of aryl methyl sites for hydroxylation is 4. The first-order valence-electron chi connectivity index (χ1n) is 25.8. The third kappa shape index (κ3) is 13.7. The number of amides is 2. The van der Waals surface area contributed by atoms with E-state index >= 15 is 0 Å². The molecule has 2 saturated heterocycles. The molecule has 10 rings (SSSR count). The number of hydrogen-bond donors (Lipinski definition) is 3. The van der Waals surface area contributed by atoms with E-state index in [1.165, 1.54) is 0 Å². The van der Waals surface area contributed by atoms with Gasteiger partial charge in [-0.15, -0.1) is 0 Å². The quantitative estimate of drug-likeness (QED) is 0.0790. The summed E-state index contributed by atoms with van der Waals surface area (Å²) in [6.45, 7) is 4.04. The Labute approximate surface area is 447 Å². The minimum absolute atomic E-state index is 0. The minimum Gasteiger partial charge on any atom is -0.369 e. The van der Waals surface area contributed by atoms with Gasteiger partial charge in [0.05, 0.1) is 33.3 Å². The van der Waals surface area contributed by atoms with Gasteiger partial charge in [0.15, 0.2) is 0 Å². The molecule has 2 aromatic carbocycles. The zero-order chi connectivity index (χ0) is 53.0. The molecule has 410 valence electrons. The topological polar surface area (TPSA) is 179 Å². The molecular weight excluding hydrogens is 995 g/mol. The van der Waals surface area contributed by atoms with Crippen LogP contribution in [0, 0.1) is 0 Å². The first-order chi connectivity index (χ1) is 35.9. The van der Waals surface area contributed by atoms with Gasteiger partial charge >= 0.3 is 12.4 Å². The molecule has 4 aromatic heterocycles. The number of hydrogen-bond acceptors (Lipinski definition) is 10. The lowest BCUT2D eigenvalue weighted by molar-refractivity contribution is -0.139. The molecule has 6 aromatic rings. The fourth-order valence-electron chi connectivity index (χ4n) is 10.8. The van der Waals surface area contributed by atoms with Crippen LogP contribution < -0.4 is 16.8 Å². The Bertz CT molecular complexity index is 2960. The maximum absolute atomic E-state index is 13.8. The fourth-order valence-corrected chi connectivity index (χ4v) is 10.8. The summed E-state index contributed by atoms with van der Waals surface area (Å²) in [5.41, 5.74) is 15.2. The summed E-state index contributed by atoms with van der Waals surface area (Å²) in [6, 6.07) is 22.7. The second-order valence-corrected chi connectivity index (χ2v) is 20.6. The van der Waals surface area contributed by atoms with Gasteiger partial charge in [0.25, 0.3) is 0 Å². The molecule has 4 aliphatic rings. The van der Waals surface area contributed by atoms with Gasteiger partial charge < -0.3 is 21.7 Å². The zero-order valence-corrected chi connectivity index (χ0v) is 42.0. The summed E-state index contributed by atoms with van der Waals surface area (Å²) in [7, 11) is 2.12. The predicted molar refractivity (Wildman–Crippen MR) is 284 cm³/mol. The standard InChI is InChI=1S/C29H32F3N5O.C28H30F3N5O.2CH4/c1-37-14-10-21(11-15-37)24-8-6-19(17-34-24)16-26-35-18-23(29(30,31)32)25(36-26)9-7-20-4-2-3-5-22(20)28(12-13-28)27(33)38;29-28(30,31)22-17-35-25(15-18-5-7-23(34-16-18)20-9-13-33-14-10-20)36-24(22)8-6-19-3-1-2-4-21(19)27(11-12-27)26(32)37;;/h2-6,8,17-18,21H,7,9-16H2,1H3,(H2,33,38);1-5,7,16-17,20,33H,6,8-15H2,(H2,32,37);2*1H4. The lowest BCUT2D eigenvalue weighted by Gasteiger charge is -2.28. The average Bonchev–Trinajstić information content (AvgIpc) is 4.40. The molecule has 6 heterocycles. The molecule has 77 heavy (non-hydrogen) atoms. The van der Waals surface area contributed by atoms with Gasteiger partial charge in [-0.05, 0) is 156 Å². The molecule has 2 saturated carbocycles. The summed E-state index contributed by atoms with van der Waals surface area (Å²) in [6.07, 6.45) is 4.44. The van der Waals surface area contributed by atoms with Gasteiger partial charge in [-0.1, -0.05) is 75.5 Å². The number of benzene rings is 2. The van der Waals surface area contributed by atoms with Crippen molar-refractivity contribution in [2.24, 2.45) is 11.5 Å². The number of nitrogens with one attached hydrogen (secondary N) is 1. The van der Waals surface area contributed by atoms with E-state index in [4.69, 9.17) is 11.5 Å². The molecule has 4 fully saturated rings. The normalized spacial score (nSPS) is 17.2. The van der Waals surface area contributed by atoms with E-state index in [-0.39, 0.29) is 50.9 Å².